The van der Waals surface area contributed by atoms with Crippen molar-refractivity contribution in [3.63, 3.8) is 0 Å². The maximum Gasteiger partial charge on any atom is 0.129 e. The number of rotatable bonds is 5. The Labute approximate surface area is 129 Å². The highest BCUT2D eigenvalue weighted by Crippen LogP contribution is 2.19. The summed E-state index contributed by atoms with van der Waals surface area (Å²) in [6.07, 6.45) is 0. The lowest BCUT2D eigenvalue weighted by molar-refractivity contribution is 0.199. The van der Waals surface area contributed by atoms with E-state index in [-0.39, 0.29) is 0 Å². The number of hydrogen-bond donors (Lipinski definition) is 1. The van der Waals surface area contributed by atoms with Crippen molar-refractivity contribution in [1.82, 2.24) is 15.2 Å². The van der Waals surface area contributed by atoms with Gasteiger partial charge in [0.2, 0.25) is 0 Å². The Balaban J connectivity index is 2.09. The van der Waals surface area contributed by atoms with Crippen LogP contribution >= 0.6 is 0 Å². The molecular formula is C17H30N4. The van der Waals surface area contributed by atoms with Crippen molar-refractivity contribution in [3.05, 3.63) is 23.4 Å². The fraction of sp³-hybridized carbons (Fsp3) is 0.706. The minimum atomic E-state index is 0.509. The third kappa shape index (κ3) is 4.42. The molecule has 0 aliphatic carbocycles. The van der Waals surface area contributed by atoms with E-state index >= 15 is 0 Å². The number of aromatic nitrogens is 1. The maximum atomic E-state index is 4.75. The predicted molar refractivity (Wildman–Crippen MR) is 89.9 cm³/mol. The third-order valence-corrected chi connectivity index (χ3v) is 4.21. The first kappa shape index (κ1) is 16.2. The number of nitrogens with zero attached hydrogens (tertiary/aromatic N) is 3. The highest BCUT2D eigenvalue weighted by atomic mass is 15.3. The Kier molecular flexibility index (Phi) is 5.59. The molecule has 0 spiro atoms. The first-order valence-electron chi connectivity index (χ1n) is 8.19. The summed E-state index contributed by atoms with van der Waals surface area (Å²) < 4.78 is 0. The van der Waals surface area contributed by atoms with E-state index < -0.39 is 0 Å². The zero-order valence-electron chi connectivity index (χ0n) is 14.2. The molecule has 1 atom stereocenters. The van der Waals surface area contributed by atoms with Gasteiger partial charge in [-0.3, -0.25) is 4.90 Å². The second-order valence-electron chi connectivity index (χ2n) is 6.43. The van der Waals surface area contributed by atoms with Gasteiger partial charge >= 0.3 is 0 Å². The quantitative estimate of drug-likeness (QED) is 0.902. The standard InChI is InChI=1S/C17H30N4/c1-6-20-7-8-21(12-15(20)5)17-10-16(9-14(4)19-17)11-18-13(2)3/h9-10,13,15,18H,6-8,11-12H2,1-5H3. The van der Waals surface area contributed by atoms with Gasteiger partial charge < -0.3 is 10.2 Å². The average molecular weight is 290 g/mol. The summed E-state index contributed by atoms with van der Waals surface area (Å²) >= 11 is 0. The van der Waals surface area contributed by atoms with E-state index in [0.29, 0.717) is 12.1 Å². The third-order valence-electron chi connectivity index (χ3n) is 4.21. The summed E-state index contributed by atoms with van der Waals surface area (Å²) in [5, 5.41) is 3.49. The number of nitrogens with one attached hydrogen (secondary N) is 1. The van der Waals surface area contributed by atoms with Gasteiger partial charge in [-0.25, -0.2) is 4.98 Å². The Hall–Kier alpha value is -1.13. The van der Waals surface area contributed by atoms with E-state index in [1.807, 2.05) is 0 Å². The van der Waals surface area contributed by atoms with Crippen LogP contribution in [0.4, 0.5) is 5.82 Å². The van der Waals surface area contributed by atoms with Gasteiger partial charge in [-0.15, -0.1) is 0 Å². The normalized spacial score (nSPS) is 20.3. The maximum absolute atomic E-state index is 4.75. The fourth-order valence-electron chi connectivity index (χ4n) is 2.98. The highest BCUT2D eigenvalue weighted by molar-refractivity contribution is 5.43. The van der Waals surface area contributed by atoms with E-state index in [2.05, 4.69) is 61.9 Å². The summed E-state index contributed by atoms with van der Waals surface area (Å²) in [5.74, 6) is 1.14. The molecule has 2 heterocycles. The van der Waals surface area contributed by atoms with E-state index in [4.69, 9.17) is 4.98 Å². The van der Waals surface area contributed by atoms with E-state index in [0.717, 1.165) is 44.2 Å². The summed E-state index contributed by atoms with van der Waals surface area (Å²) in [5.41, 5.74) is 2.44. The topological polar surface area (TPSA) is 31.4 Å². The second-order valence-corrected chi connectivity index (χ2v) is 6.43. The molecule has 0 bridgehead atoms. The summed E-state index contributed by atoms with van der Waals surface area (Å²) in [7, 11) is 0. The summed E-state index contributed by atoms with van der Waals surface area (Å²) in [6, 6.07) is 5.54. The smallest absolute Gasteiger partial charge is 0.129 e. The minimum Gasteiger partial charge on any atom is -0.354 e. The molecule has 0 aromatic carbocycles. The SMILES string of the molecule is CCN1CCN(c2cc(CNC(C)C)cc(C)n2)CC1C. The zero-order chi connectivity index (χ0) is 15.4. The van der Waals surface area contributed by atoms with Crippen LogP contribution < -0.4 is 10.2 Å². The van der Waals surface area contributed by atoms with Gasteiger partial charge in [-0.1, -0.05) is 20.8 Å². The monoisotopic (exact) mass is 290 g/mol. The van der Waals surface area contributed by atoms with Crippen LogP contribution in [0.25, 0.3) is 0 Å². The average Bonchev–Trinajstić information content (AvgIpc) is 2.44. The van der Waals surface area contributed by atoms with Crippen molar-refractivity contribution in [2.45, 2.75) is 53.2 Å². The lowest BCUT2D eigenvalue weighted by atomic mass is 10.1. The highest BCUT2D eigenvalue weighted by Gasteiger charge is 2.23. The van der Waals surface area contributed by atoms with Crippen LogP contribution in [0.2, 0.25) is 0 Å². The molecule has 1 aromatic rings. The molecule has 1 aromatic heterocycles. The van der Waals surface area contributed by atoms with Crippen molar-refractivity contribution < 1.29 is 0 Å². The Morgan fingerprint density at radius 1 is 1.33 bits per heavy atom. The Bertz CT molecular complexity index is 458. The van der Waals surface area contributed by atoms with Crippen LogP contribution in [0.3, 0.4) is 0 Å². The predicted octanol–water partition coefficient (Wildman–Crippen LogP) is 2.42. The molecule has 118 valence electrons. The van der Waals surface area contributed by atoms with Crippen LogP contribution in [0.15, 0.2) is 12.1 Å². The number of likely N-dealkylation sites (N-methyl/N-ethyl adjacent to an activating group) is 1. The molecule has 4 heteroatoms. The molecule has 1 N–H and O–H groups in total. The molecule has 1 fully saturated rings. The largest absolute Gasteiger partial charge is 0.354 e. The molecule has 4 nitrogen and oxygen atoms in total. The van der Waals surface area contributed by atoms with Crippen molar-refractivity contribution >= 4 is 5.82 Å². The van der Waals surface area contributed by atoms with Gasteiger partial charge in [0.05, 0.1) is 0 Å². The van der Waals surface area contributed by atoms with E-state index in [9.17, 15) is 0 Å². The molecule has 1 aliphatic heterocycles. The Morgan fingerprint density at radius 3 is 2.71 bits per heavy atom. The second kappa shape index (κ2) is 7.23. The first-order chi connectivity index (χ1) is 9.99. The Morgan fingerprint density at radius 2 is 2.10 bits per heavy atom. The number of pyridine rings is 1. The molecule has 0 radical (unpaired) electrons. The molecule has 1 saturated heterocycles. The lowest BCUT2D eigenvalue weighted by Crippen LogP contribution is -2.52. The van der Waals surface area contributed by atoms with Crippen LogP contribution in [0.1, 0.15) is 39.0 Å². The summed E-state index contributed by atoms with van der Waals surface area (Å²) in [6.45, 7) is 16.3. The van der Waals surface area contributed by atoms with E-state index in [1.165, 1.54) is 5.56 Å². The van der Waals surface area contributed by atoms with E-state index in [1.54, 1.807) is 0 Å². The van der Waals surface area contributed by atoms with Crippen LogP contribution in [0.5, 0.6) is 0 Å². The minimum absolute atomic E-state index is 0.509. The lowest BCUT2D eigenvalue weighted by Gasteiger charge is -2.40. The van der Waals surface area contributed by atoms with Gasteiger partial charge in [0.1, 0.15) is 5.82 Å². The molecular weight excluding hydrogens is 260 g/mol. The molecule has 1 unspecified atom stereocenters. The van der Waals surface area contributed by atoms with Crippen LogP contribution in [-0.4, -0.2) is 48.1 Å². The number of hydrogen-bond acceptors (Lipinski definition) is 4. The first-order valence-corrected chi connectivity index (χ1v) is 8.19. The zero-order valence-corrected chi connectivity index (χ0v) is 14.2. The van der Waals surface area contributed by atoms with Crippen molar-refractivity contribution in [1.29, 1.82) is 0 Å². The number of aryl methyl sites for hydroxylation is 1. The molecule has 0 amide bonds. The van der Waals surface area contributed by atoms with Gasteiger partial charge in [-0.05, 0) is 38.1 Å². The van der Waals surface area contributed by atoms with Crippen molar-refractivity contribution in [2.75, 3.05) is 31.1 Å². The van der Waals surface area contributed by atoms with Gasteiger partial charge in [0.25, 0.3) is 0 Å². The van der Waals surface area contributed by atoms with Crippen molar-refractivity contribution in [3.8, 4) is 0 Å². The van der Waals surface area contributed by atoms with Gasteiger partial charge in [-0.2, -0.15) is 0 Å². The fourth-order valence-corrected chi connectivity index (χ4v) is 2.98. The van der Waals surface area contributed by atoms with Crippen LogP contribution in [0, 0.1) is 6.92 Å². The molecule has 21 heavy (non-hydrogen) atoms. The number of piperazine rings is 1. The van der Waals surface area contributed by atoms with Gasteiger partial charge in [0, 0.05) is 44.0 Å². The van der Waals surface area contributed by atoms with Gasteiger partial charge in [0.15, 0.2) is 0 Å². The summed E-state index contributed by atoms with van der Waals surface area (Å²) in [4.78, 5) is 9.72. The molecule has 1 aliphatic rings. The molecule has 0 saturated carbocycles. The molecule has 2 rings (SSSR count). The van der Waals surface area contributed by atoms with Crippen molar-refractivity contribution in [2.24, 2.45) is 0 Å². The number of anilines is 1. The van der Waals surface area contributed by atoms with Crippen LogP contribution in [-0.2, 0) is 6.54 Å².